The van der Waals surface area contributed by atoms with Crippen molar-refractivity contribution in [3.8, 4) is 5.75 Å². The lowest BCUT2D eigenvalue weighted by Gasteiger charge is -2.15. The number of carbonyl (C=O) groups excluding carboxylic acids is 2. The number of fused-ring (bicyclic) bond motifs is 1. The number of nitrogens with zero attached hydrogens (tertiary/aromatic N) is 1. The summed E-state index contributed by atoms with van der Waals surface area (Å²) in [4.78, 5) is 26.4. The molecule has 148 valence electrons. The van der Waals surface area contributed by atoms with E-state index in [1.54, 1.807) is 37.5 Å². The SMILES string of the molecule is COc1cccc2cc(/C=C/C(=O)Nc3ccc(C(=O)N4CCCC4)cc3)oc12. The summed E-state index contributed by atoms with van der Waals surface area (Å²) in [6, 6.07) is 14.4. The molecule has 1 N–H and O–H groups in total. The Bertz CT molecular complexity index is 1060. The van der Waals surface area contributed by atoms with Gasteiger partial charge in [0.25, 0.3) is 5.91 Å². The summed E-state index contributed by atoms with van der Waals surface area (Å²) in [5.41, 5.74) is 1.91. The summed E-state index contributed by atoms with van der Waals surface area (Å²) in [5, 5.41) is 3.69. The number of nitrogens with one attached hydrogen (secondary N) is 1. The highest BCUT2D eigenvalue weighted by molar-refractivity contribution is 6.02. The predicted molar refractivity (Wildman–Crippen MR) is 112 cm³/mol. The first kappa shape index (κ1) is 18.8. The Kier molecular flexibility index (Phi) is 5.33. The van der Waals surface area contributed by atoms with Gasteiger partial charge in [-0.15, -0.1) is 0 Å². The third-order valence-electron chi connectivity index (χ3n) is 4.94. The van der Waals surface area contributed by atoms with E-state index in [4.69, 9.17) is 9.15 Å². The first-order chi connectivity index (χ1) is 14.1. The van der Waals surface area contributed by atoms with Gasteiger partial charge in [-0.1, -0.05) is 12.1 Å². The van der Waals surface area contributed by atoms with Crippen LogP contribution in [-0.2, 0) is 4.79 Å². The van der Waals surface area contributed by atoms with Crippen molar-refractivity contribution in [2.75, 3.05) is 25.5 Å². The minimum absolute atomic E-state index is 0.0422. The minimum Gasteiger partial charge on any atom is -0.493 e. The zero-order valence-electron chi connectivity index (χ0n) is 16.2. The molecule has 2 amide bonds. The van der Waals surface area contributed by atoms with Crippen LogP contribution < -0.4 is 10.1 Å². The Hall–Kier alpha value is -3.54. The normalized spacial score (nSPS) is 13.9. The lowest BCUT2D eigenvalue weighted by molar-refractivity contribution is -0.111. The molecule has 0 bridgehead atoms. The minimum atomic E-state index is -0.281. The summed E-state index contributed by atoms with van der Waals surface area (Å²) in [6.45, 7) is 1.63. The van der Waals surface area contributed by atoms with Crippen molar-refractivity contribution in [1.82, 2.24) is 4.90 Å². The summed E-state index contributed by atoms with van der Waals surface area (Å²) < 4.78 is 11.0. The highest BCUT2D eigenvalue weighted by Gasteiger charge is 2.19. The van der Waals surface area contributed by atoms with Crippen LogP contribution >= 0.6 is 0 Å². The van der Waals surface area contributed by atoms with Crippen molar-refractivity contribution in [2.24, 2.45) is 0 Å². The van der Waals surface area contributed by atoms with Crippen LogP contribution in [0.15, 0.2) is 59.0 Å². The first-order valence-electron chi connectivity index (χ1n) is 9.59. The van der Waals surface area contributed by atoms with Crippen molar-refractivity contribution >= 4 is 34.5 Å². The Morgan fingerprint density at radius 1 is 1.10 bits per heavy atom. The molecule has 29 heavy (non-hydrogen) atoms. The van der Waals surface area contributed by atoms with Crippen molar-refractivity contribution in [3.05, 3.63) is 65.9 Å². The largest absolute Gasteiger partial charge is 0.493 e. The Morgan fingerprint density at radius 2 is 1.86 bits per heavy atom. The van der Waals surface area contributed by atoms with Gasteiger partial charge >= 0.3 is 0 Å². The standard InChI is InChI=1S/C23H22N2O4/c1-28-20-6-4-5-17-15-19(29-22(17)20)11-12-21(26)24-18-9-7-16(8-10-18)23(27)25-13-2-3-14-25/h4-12,15H,2-3,13-14H2,1H3,(H,24,26)/b12-11+. The van der Waals surface area contributed by atoms with E-state index in [9.17, 15) is 9.59 Å². The fourth-order valence-electron chi connectivity index (χ4n) is 3.44. The maximum Gasteiger partial charge on any atom is 0.253 e. The van der Waals surface area contributed by atoms with Gasteiger partial charge in [0.05, 0.1) is 7.11 Å². The molecule has 6 heteroatoms. The highest BCUT2D eigenvalue weighted by Crippen LogP contribution is 2.28. The van der Waals surface area contributed by atoms with Crippen LogP contribution in [0.1, 0.15) is 29.0 Å². The summed E-state index contributed by atoms with van der Waals surface area (Å²) in [7, 11) is 1.59. The zero-order chi connectivity index (χ0) is 20.2. The van der Waals surface area contributed by atoms with Crippen molar-refractivity contribution < 1.29 is 18.7 Å². The highest BCUT2D eigenvalue weighted by atomic mass is 16.5. The second kappa shape index (κ2) is 8.22. The Morgan fingerprint density at radius 3 is 2.59 bits per heavy atom. The maximum atomic E-state index is 12.4. The van der Waals surface area contributed by atoms with Crippen LogP contribution in [0.4, 0.5) is 5.69 Å². The molecule has 1 aliphatic rings. The quantitative estimate of drug-likeness (QED) is 0.658. The molecule has 0 spiro atoms. The molecular weight excluding hydrogens is 368 g/mol. The van der Waals surface area contributed by atoms with Gasteiger partial charge in [0.15, 0.2) is 11.3 Å². The molecule has 1 aromatic heterocycles. The van der Waals surface area contributed by atoms with Crippen LogP contribution in [0.2, 0.25) is 0 Å². The van der Waals surface area contributed by atoms with Crippen LogP contribution in [-0.4, -0.2) is 36.9 Å². The van der Waals surface area contributed by atoms with Gasteiger partial charge < -0.3 is 19.4 Å². The molecule has 2 aromatic carbocycles. The molecule has 1 saturated heterocycles. The fourth-order valence-corrected chi connectivity index (χ4v) is 3.44. The van der Waals surface area contributed by atoms with E-state index in [2.05, 4.69) is 5.32 Å². The number of hydrogen-bond acceptors (Lipinski definition) is 4. The molecule has 0 atom stereocenters. The molecule has 4 rings (SSSR count). The molecule has 1 fully saturated rings. The second-order valence-corrected chi connectivity index (χ2v) is 6.93. The van der Waals surface area contributed by atoms with E-state index in [1.807, 2.05) is 29.2 Å². The third kappa shape index (κ3) is 4.16. The third-order valence-corrected chi connectivity index (χ3v) is 4.94. The maximum absolute atomic E-state index is 12.4. The van der Waals surface area contributed by atoms with Gasteiger partial charge in [0, 0.05) is 35.8 Å². The number of anilines is 1. The monoisotopic (exact) mass is 390 g/mol. The van der Waals surface area contributed by atoms with Gasteiger partial charge in [-0.25, -0.2) is 0 Å². The van der Waals surface area contributed by atoms with Gasteiger partial charge in [-0.05, 0) is 55.3 Å². The first-order valence-corrected chi connectivity index (χ1v) is 9.59. The molecule has 3 aromatic rings. The van der Waals surface area contributed by atoms with Crippen molar-refractivity contribution in [3.63, 3.8) is 0 Å². The number of furan rings is 1. The zero-order valence-corrected chi connectivity index (χ0v) is 16.2. The Balaban J connectivity index is 1.40. The van der Waals surface area contributed by atoms with Crippen LogP contribution in [0.3, 0.4) is 0 Å². The molecule has 0 radical (unpaired) electrons. The number of likely N-dealkylation sites (tertiary alicyclic amines) is 1. The summed E-state index contributed by atoms with van der Waals surface area (Å²) in [5.74, 6) is 0.970. The molecule has 0 unspecified atom stereocenters. The van der Waals surface area contributed by atoms with Crippen molar-refractivity contribution in [1.29, 1.82) is 0 Å². The number of amides is 2. The lowest BCUT2D eigenvalue weighted by Crippen LogP contribution is -2.27. The molecular formula is C23H22N2O4. The summed E-state index contributed by atoms with van der Waals surface area (Å²) >= 11 is 0. The van der Waals surface area contributed by atoms with Crippen LogP contribution in [0, 0.1) is 0 Å². The number of benzene rings is 2. The van der Waals surface area contributed by atoms with Gasteiger partial charge in [-0.3, -0.25) is 9.59 Å². The summed E-state index contributed by atoms with van der Waals surface area (Å²) in [6.07, 6.45) is 5.14. The molecule has 0 saturated carbocycles. The van der Waals surface area contributed by atoms with E-state index >= 15 is 0 Å². The van der Waals surface area contributed by atoms with Crippen LogP contribution in [0.25, 0.3) is 17.0 Å². The average molecular weight is 390 g/mol. The van der Waals surface area contributed by atoms with Gasteiger partial charge in [0.2, 0.25) is 5.91 Å². The second-order valence-electron chi connectivity index (χ2n) is 6.93. The predicted octanol–water partition coefficient (Wildman–Crippen LogP) is 4.33. The van der Waals surface area contributed by atoms with Gasteiger partial charge in [0.1, 0.15) is 5.76 Å². The fraction of sp³-hybridized carbons (Fsp3) is 0.217. The van der Waals surface area contributed by atoms with Crippen molar-refractivity contribution in [2.45, 2.75) is 12.8 Å². The molecule has 6 nitrogen and oxygen atoms in total. The van der Waals surface area contributed by atoms with E-state index < -0.39 is 0 Å². The van der Waals surface area contributed by atoms with E-state index in [0.717, 1.165) is 31.3 Å². The van der Waals surface area contributed by atoms with E-state index in [-0.39, 0.29) is 11.8 Å². The number of rotatable bonds is 5. The van der Waals surface area contributed by atoms with E-state index in [1.165, 1.54) is 6.08 Å². The number of methoxy groups -OCH3 is 1. The molecule has 2 heterocycles. The molecule has 0 aliphatic carbocycles. The Labute approximate surface area is 168 Å². The van der Waals surface area contributed by atoms with Gasteiger partial charge in [-0.2, -0.15) is 0 Å². The topological polar surface area (TPSA) is 71.8 Å². The number of hydrogen-bond donors (Lipinski definition) is 1. The number of ether oxygens (including phenoxy) is 1. The number of para-hydroxylation sites is 1. The number of carbonyl (C=O) groups is 2. The molecule has 1 aliphatic heterocycles. The average Bonchev–Trinajstić information content (AvgIpc) is 3.41. The lowest BCUT2D eigenvalue weighted by atomic mass is 10.2. The van der Waals surface area contributed by atoms with Crippen LogP contribution in [0.5, 0.6) is 5.75 Å². The smallest absolute Gasteiger partial charge is 0.253 e. The van der Waals surface area contributed by atoms with E-state index in [0.29, 0.717) is 28.3 Å².